The third-order valence-corrected chi connectivity index (χ3v) is 5.04. The monoisotopic (exact) mass is 378 g/mol. The van der Waals surface area contributed by atoms with Crippen molar-refractivity contribution < 1.29 is 0 Å². The van der Waals surface area contributed by atoms with Crippen LogP contribution in [0.1, 0.15) is 29.6 Å². The third kappa shape index (κ3) is 2.86. The van der Waals surface area contributed by atoms with E-state index in [0.29, 0.717) is 10.0 Å². The minimum atomic E-state index is -0.0193. The van der Waals surface area contributed by atoms with Crippen molar-refractivity contribution in [2.24, 2.45) is 0 Å². The van der Waals surface area contributed by atoms with E-state index < -0.39 is 0 Å². The molecule has 7 heteroatoms. The highest BCUT2D eigenvalue weighted by molar-refractivity contribution is 6.35. The first kappa shape index (κ1) is 15.8. The molecule has 0 bridgehead atoms. The van der Waals surface area contributed by atoms with Crippen LogP contribution in [0.5, 0.6) is 0 Å². The summed E-state index contributed by atoms with van der Waals surface area (Å²) < 4.78 is 1.86. The molecule has 24 heavy (non-hydrogen) atoms. The second-order valence-electron chi connectivity index (χ2n) is 5.69. The summed E-state index contributed by atoms with van der Waals surface area (Å²) >= 11 is 18.5. The van der Waals surface area contributed by atoms with Crippen LogP contribution in [0, 0.1) is 0 Å². The number of benzene rings is 2. The van der Waals surface area contributed by atoms with E-state index in [0.717, 1.165) is 28.5 Å². The van der Waals surface area contributed by atoms with Crippen molar-refractivity contribution in [3.63, 3.8) is 0 Å². The number of aromatic nitrogens is 3. The Morgan fingerprint density at radius 1 is 1.00 bits per heavy atom. The Hall–Kier alpha value is -1.75. The van der Waals surface area contributed by atoms with Crippen LogP contribution in [0.15, 0.2) is 48.8 Å². The van der Waals surface area contributed by atoms with E-state index in [-0.39, 0.29) is 12.1 Å². The molecule has 0 saturated heterocycles. The molecule has 0 fully saturated rings. The Morgan fingerprint density at radius 3 is 2.50 bits per heavy atom. The van der Waals surface area contributed by atoms with Crippen molar-refractivity contribution in [2.75, 3.05) is 5.32 Å². The summed E-state index contributed by atoms with van der Waals surface area (Å²) in [7, 11) is 0. The average Bonchev–Trinajstić information content (AvgIpc) is 3.03. The molecule has 4 nitrogen and oxygen atoms in total. The summed E-state index contributed by atoms with van der Waals surface area (Å²) in [5.74, 6) is 0.720. The predicted molar refractivity (Wildman–Crippen MR) is 97.1 cm³/mol. The van der Waals surface area contributed by atoms with Crippen molar-refractivity contribution in [1.29, 1.82) is 0 Å². The van der Waals surface area contributed by atoms with Gasteiger partial charge in [0.25, 0.3) is 0 Å². The molecule has 122 valence electrons. The van der Waals surface area contributed by atoms with E-state index in [4.69, 9.17) is 34.8 Å². The zero-order valence-electron chi connectivity index (χ0n) is 12.5. The van der Waals surface area contributed by atoms with Gasteiger partial charge in [-0.05, 0) is 41.8 Å². The van der Waals surface area contributed by atoms with Crippen molar-refractivity contribution in [1.82, 2.24) is 14.8 Å². The smallest absolute Gasteiger partial charge is 0.222 e. The van der Waals surface area contributed by atoms with Crippen LogP contribution in [0.4, 0.5) is 5.95 Å². The van der Waals surface area contributed by atoms with Crippen molar-refractivity contribution >= 4 is 40.8 Å². The lowest BCUT2D eigenvalue weighted by atomic mass is 9.93. The number of hydrogen-bond donors (Lipinski definition) is 1. The molecule has 2 unspecified atom stereocenters. The van der Waals surface area contributed by atoms with Gasteiger partial charge in [0.2, 0.25) is 5.95 Å². The first-order chi connectivity index (χ1) is 11.6. The maximum absolute atomic E-state index is 6.43. The predicted octanol–water partition coefficient (Wildman–Crippen LogP) is 5.38. The molecule has 1 aliphatic heterocycles. The summed E-state index contributed by atoms with van der Waals surface area (Å²) in [5, 5.41) is 9.74. The minimum Gasteiger partial charge on any atom is -0.348 e. The fourth-order valence-corrected chi connectivity index (χ4v) is 3.72. The number of anilines is 1. The highest BCUT2D eigenvalue weighted by Gasteiger charge is 2.31. The molecule has 0 aliphatic carbocycles. The Balaban J connectivity index is 1.75. The highest BCUT2D eigenvalue weighted by Crippen LogP contribution is 2.40. The van der Waals surface area contributed by atoms with Crippen LogP contribution >= 0.6 is 34.8 Å². The molecule has 0 saturated carbocycles. The molecule has 1 aliphatic rings. The van der Waals surface area contributed by atoms with Gasteiger partial charge in [0.1, 0.15) is 6.33 Å². The molecule has 0 amide bonds. The van der Waals surface area contributed by atoms with E-state index >= 15 is 0 Å². The topological polar surface area (TPSA) is 42.7 Å². The summed E-state index contributed by atoms with van der Waals surface area (Å²) in [6, 6.07) is 13.5. The molecule has 3 aromatic rings. The van der Waals surface area contributed by atoms with Crippen molar-refractivity contribution in [3.05, 3.63) is 75.0 Å². The van der Waals surface area contributed by atoms with Gasteiger partial charge < -0.3 is 5.32 Å². The summed E-state index contributed by atoms with van der Waals surface area (Å²) in [6.07, 6.45) is 2.34. The van der Waals surface area contributed by atoms with Crippen LogP contribution < -0.4 is 5.32 Å². The maximum Gasteiger partial charge on any atom is 0.222 e. The number of hydrogen-bond acceptors (Lipinski definition) is 3. The highest BCUT2D eigenvalue weighted by atomic mass is 35.5. The van der Waals surface area contributed by atoms with Gasteiger partial charge >= 0.3 is 0 Å². The van der Waals surface area contributed by atoms with Crippen LogP contribution in [-0.2, 0) is 0 Å². The molecule has 4 rings (SSSR count). The zero-order valence-corrected chi connectivity index (χ0v) is 14.7. The zero-order chi connectivity index (χ0) is 16.7. The molecule has 1 N–H and O–H groups in total. The number of halogens is 3. The lowest BCUT2D eigenvalue weighted by Gasteiger charge is -2.32. The molecule has 2 atom stereocenters. The first-order valence-electron chi connectivity index (χ1n) is 7.48. The number of fused-ring (bicyclic) bond motifs is 1. The van der Waals surface area contributed by atoms with E-state index in [1.807, 2.05) is 41.1 Å². The van der Waals surface area contributed by atoms with Crippen LogP contribution in [-0.4, -0.2) is 14.8 Å². The maximum atomic E-state index is 6.43. The Labute approximate surface area is 154 Å². The fraction of sp³-hybridized carbons (Fsp3) is 0.176. The normalized spacial score (nSPS) is 19.6. The molecule has 0 spiro atoms. The van der Waals surface area contributed by atoms with Gasteiger partial charge in [0, 0.05) is 15.1 Å². The van der Waals surface area contributed by atoms with E-state index in [1.54, 1.807) is 12.4 Å². The van der Waals surface area contributed by atoms with Gasteiger partial charge in [0.15, 0.2) is 0 Å². The van der Waals surface area contributed by atoms with Crippen molar-refractivity contribution in [2.45, 2.75) is 18.5 Å². The molecule has 2 heterocycles. The van der Waals surface area contributed by atoms with E-state index in [2.05, 4.69) is 15.4 Å². The Bertz CT molecular complexity index is 876. The Morgan fingerprint density at radius 2 is 1.75 bits per heavy atom. The van der Waals surface area contributed by atoms with Gasteiger partial charge in [-0.25, -0.2) is 4.68 Å². The third-order valence-electron chi connectivity index (χ3n) is 4.22. The van der Waals surface area contributed by atoms with E-state index in [1.165, 1.54) is 0 Å². The number of rotatable bonds is 2. The van der Waals surface area contributed by atoms with Gasteiger partial charge in [-0.2, -0.15) is 10.1 Å². The van der Waals surface area contributed by atoms with Gasteiger partial charge in [-0.1, -0.05) is 53.0 Å². The standard InChI is InChI=1S/C17H13Cl3N4/c18-11-3-1-10(2-4-11)15-8-16(24-17(23-15)21-9-22-24)13-6-5-12(19)7-14(13)20/h1-7,9,15-16H,8H2,(H,21,22,23). The van der Waals surface area contributed by atoms with Crippen molar-refractivity contribution in [3.8, 4) is 0 Å². The van der Waals surface area contributed by atoms with Crippen LogP contribution in [0.3, 0.4) is 0 Å². The molecule has 2 aromatic carbocycles. The van der Waals surface area contributed by atoms with Crippen LogP contribution in [0.25, 0.3) is 0 Å². The number of nitrogens with zero attached hydrogens (tertiary/aromatic N) is 3. The average molecular weight is 380 g/mol. The van der Waals surface area contributed by atoms with Gasteiger partial charge in [0.05, 0.1) is 12.1 Å². The molecular formula is C17H13Cl3N4. The number of nitrogens with one attached hydrogen (secondary N) is 1. The molecule has 1 aromatic heterocycles. The lowest BCUT2D eigenvalue weighted by molar-refractivity contribution is 0.431. The van der Waals surface area contributed by atoms with Crippen LogP contribution in [0.2, 0.25) is 15.1 Å². The SMILES string of the molecule is Clc1ccc(C2CC(c3ccc(Cl)cc3Cl)n3ncnc3N2)cc1. The second kappa shape index (κ2) is 6.28. The Kier molecular flexibility index (Phi) is 4.12. The quantitative estimate of drug-likeness (QED) is 0.649. The molecule has 0 radical (unpaired) electrons. The fourth-order valence-electron chi connectivity index (χ4n) is 3.06. The summed E-state index contributed by atoms with van der Waals surface area (Å²) in [5.41, 5.74) is 2.12. The van der Waals surface area contributed by atoms with Gasteiger partial charge in [-0.15, -0.1) is 0 Å². The first-order valence-corrected chi connectivity index (χ1v) is 8.61. The second-order valence-corrected chi connectivity index (χ2v) is 6.97. The minimum absolute atomic E-state index is 0.0193. The largest absolute Gasteiger partial charge is 0.348 e. The summed E-state index contributed by atoms with van der Waals surface area (Å²) in [4.78, 5) is 4.32. The van der Waals surface area contributed by atoms with Gasteiger partial charge in [-0.3, -0.25) is 0 Å². The molecular weight excluding hydrogens is 367 g/mol. The summed E-state index contributed by atoms with van der Waals surface area (Å²) in [6.45, 7) is 0. The van der Waals surface area contributed by atoms with E-state index in [9.17, 15) is 0 Å². The lowest BCUT2D eigenvalue weighted by Crippen LogP contribution is -2.28.